The van der Waals surface area contributed by atoms with Crippen molar-refractivity contribution in [1.82, 2.24) is 9.78 Å². The monoisotopic (exact) mass is 234 g/mol. The van der Waals surface area contributed by atoms with Crippen LogP contribution in [0.25, 0.3) is 10.9 Å². The number of carboxylic acid groups (broad SMARTS) is 1. The van der Waals surface area contributed by atoms with E-state index in [9.17, 15) is 9.90 Å². The molecular formula is C12H14N2O3. The van der Waals surface area contributed by atoms with Crippen LogP contribution in [0.4, 0.5) is 0 Å². The number of hydrogen-bond acceptors (Lipinski definition) is 3. The number of phenolic OH excluding ortho intramolecular Hbond substituents is 1. The van der Waals surface area contributed by atoms with Gasteiger partial charge in [-0.25, -0.2) is 0 Å². The smallest absolute Gasteiger partial charge is 0.308 e. The highest BCUT2D eigenvalue weighted by molar-refractivity contribution is 5.87. The van der Waals surface area contributed by atoms with E-state index in [1.165, 1.54) is 0 Å². The van der Waals surface area contributed by atoms with Crippen LogP contribution < -0.4 is 0 Å². The molecule has 1 atom stereocenters. The van der Waals surface area contributed by atoms with Gasteiger partial charge in [-0.3, -0.25) is 9.48 Å². The zero-order valence-corrected chi connectivity index (χ0v) is 9.71. The largest absolute Gasteiger partial charge is 0.507 e. The van der Waals surface area contributed by atoms with E-state index in [4.69, 9.17) is 5.11 Å². The van der Waals surface area contributed by atoms with Gasteiger partial charge in [-0.05, 0) is 19.1 Å². The molecule has 0 saturated heterocycles. The Balaban J connectivity index is 2.46. The van der Waals surface area contributed by atoms with Gasteiger partial charge in [0.25, 0.3) is 0 Å². The summed E-state index contributed by atoms with van der Waals surface area (Å²) in [4.78, 5) is 10.8. The molecule has 1 unspecified atom stereocenters. The minimum atomic E-state index is -0.854. The number of nitrogens with zero attached hydrogens (tertiary/aromatic N) is 2. The molecule has 2 N–H and O–H groups in total. The highest BCUT2D eigenvalue weighted by Gasteiger charge is 2.16. The predicted octanol–water partition coefficient (Wildman–Crippen LogP) is 1.77. The summed E-state index contributed by atoms with van der Waals surface area (Å²) < 4.78 is 1.63. The zero-order chi connectivity index (χ0) is 12.6. The van der Waals surface area contributed by atoms with Crippen molar-refractivity contribution in [2.24, 2.45) is 5.92 Å². The van der Waals surface area contributed by atoms with Crippen LogP contribution in [0.15, 0.2) is 18.2 Å². The molecule has 1 heterocycles. The molecule has 2 rings (SSSR count). The van der Waals surface area contributed by atoms with E-state index < -0.39 is 11.9 Å². The minimum Gasteiger partial charge on any atom is -0.507 e. The molecule has 0 aliphatic heterocycles. The number of aryl methyl sites for hydroxylation is 1. The average molecular weight is 234 g/mol. The summed E-state index contributed by atoms with van der Waals surface area (Å²) in [6, 6.07) is 5.11. The molecule has 0 bridgehead atoms. The standard InChI is InChI=1S/C12H14N2O3/c1-7(12(16)17)6-14-8(2)11-9(13-14)4-3-5-10(11)15/h3-5,7,15H,6H2,1-2H3,(H,16,17). The summed E-state index contributed by atoms with van der Waals surface area (Å²) in [6.07, 6.45) is 0. The fourth-order valence-corrected chi connectivity index (χ4v) is 1.83. The number of hydrogen-bond donors (Lipinski definition) is 2. The van der Waals surface area contributed by atoms with E-state index in [0.717, 1.165) is 5.69 Å². The normalized spacial score (nSPS) is 12.8. The number of carboxylic acids is 1. The molecular weight excluding hydrogens is 220 g/mol. The number of rotatable bonds is 3. The third-order valence-electron chi connectivity index (χ3n) is 2.87. The Kier molecular flexibility index (Phi) is 2.75. The Hall–Kier alpha value is -2.04. The fraction of sp³-hybridized carbons (Fsp3) is 0.333. The first kappa shape index (κ1) is 11.4. The summed E-state index contributed by atoms with van der Waals surface area (Å²) >= 11 is 0. The van der Waals surface area contributed by atoms with E-state index in [2.05, 4.69) is 5.10 Å². The van der Waals surface area contributed by atoms with Gasteiger partial charge in [0, 0.05) is 5.69 Å². The molecule has 0 fully saturated rings. The third kappa shape index (κ3) is 1.95. The van der Waals surface area contributed by atoms with Crippen molar-refractivity contribution in [3.63, 3.8) is 0 Å². The molecule has 1 aromatic carbocycles. The second-order valence-electron chi connectivity index (χ2n) is 4.18. The van der Waals surface area contributed by atoms with Crippen LogP contribution in [-0.4, -0.2) is 26.0 Å². The quantitative estimate of drug-likeness (QED) is 0.848. The molecule has 0 aliphatic rings. The first-order valence-electron chi connectivity index (χ1n) is 5.38. The van der Waals surface area contributed by atoms with Crippen molar-refractivity contribution >= 4 is 16.9 Å². The lowest BCUT2D eigenvalue weighted by atomic mass is 10.1. The van der Waals surface area contributed by atoms with Gasteiger partial charge >= 0.3 is 5.97 Å². The van der Waals surface area contributed by atoms with E-state index in [-0.39, 0.29) is 5.75 Å². The van der Waals surface area contributed by atoms with Crippen LogP contribution in [-0.2, 0) is 11.3 Å². The van der Waals surface area contributed by atoms with Crippen molar-refractivity contribution in [2.45, 2.75) is 20.4 Å². The number of phenols is 1. The van der Waals surface area contributed by atoms with Gasteiger partial charge in [0.1, 0.15) is 5.75 Å². The second-order valence-corrected chi connectivity index (χ2v) is 4.18. The summed E-state index contributed by atoms with van der Waals surface area (Å²) in [5.41, 5.74) is 1.46. The molecule has 0 spiro atoms. The molecule has 2 aromatic rings. The maximum absolute atomic E-state index is 10.8. The van der Waals surface area contributed by atoms with Crippen molar-refractivity contribution in [1.29, 1.82) is 0 Å². The van der Waals surface area contributed by atoms with Crippen molar-refractivity contribution < 1.29 is 15.0 Å². The van der Waals surface area contributed by atoms with E-state index in [1.54, 1.807) is 29.8 Å². The van der Waals surface area contributed by atoms with Crippen LogP contribution in [0.2, 0.25) is 0 Å². The van der Waals surface area contributed by atoms with Crippen LogP contribution in [0.5, 0.6) is 5.75 Å². The molecule has 0 amide bonds. The number of aromatic hydroxyl groups is 1. The SMILES string of the molecule is Cc1c2c(O)cccc2nn1CC(C)C(=O)O. The van der Waals surface area contributed by atoms with E-state index in [0.29, 0.717) is 17.4 Å². The van der Waals surface area contributed by atoms with Gasteiger partial charge in [0.15, 0.2) is 0 Å². The Labute approximate surface area is 98.3 Å². The van der Waals surface area contributed by atoms with Crippen molar-refractivity contribution in [3.05, 3.63) is 23.9 Å². The van der Waals surface area contributed by atoms with Gasteiger partial charge < -0.3 is 10.2 Å². The lowest BCUT2D eigenvalue weighted by Crippen LogP contribution is -2.18. The molecule has 5 nitrogen and oxygen atoms in total. The number of benzene rings is 1. The van der Waals surface area contributed by atoms with Crippen LogP contribution in [0.1, 0.15) is 12.6 Å². The van der Waals surface area contributed by atoms with Crippen LogP contribution in [0, 0.1) is 12.8 Å². The molecule has 90 valence electrons. The van der Waals surface area contributed by atoms with E-state index in [1.807, 2.05) is 6.92 Å². The molecule has 0 saturated carbocycles. The Bertz CT molecular complexity index is 574. The number of carbonyl (C=O) groups is 1. The van der Waals surface area contributed by atoms with Gasteiger partial charge in [-0.2, -0.15) is 5.10 Å². The average Bonchev–Trinajstić information content (AvgIpc) is 2.57. The highest BCUT2D eigenvalue weighted by Crippen LogP contribution is 2.27. The van der Waals surface area contributed by atoms with Crippen LogP contribution in [0.3, 0.4) is 0 Å². The minimum absolute atomic E-state index is 0.175. The second kappa shape index (κ2) is 4.08. The Morgan fingerprint density at radius 2 is 2.24 bits per heavy atom. The fourth-order valence-electron chi connectivity index (χ4n) is 1.83. The van der Waals surface area contributed by atoms with Crippen molar-refractivity contribution in [2.75, 3.05) is 0 Å². The Morgan fingerprint density at radius 1 is 1.53 bits per heavy atom. The topological polar surface area (TPSA) is 75.4 Å². The summed E-state index contributed by atoms with van der Waals surface area (Å²) in [7, 11) is 0. The number of fused-ring (bicyclic) bond motifs is 1. The van der Waals surface area contributed by atoms with Crippen molar-refractivity contribution in [3.8, 4) is 5.75 Å². The zero-order valence-electron chi connectivity index (χ0n) is 9.71. The molecule has 0 radical (unpaired) electrons. The first-order valence-corrected chi connectivity index (χ1v) is 5.38. The molecule has 5 heteroatoms. The predicted molar refractivity (Wildman–Crippen MR) is 62.9 cm³/mol. The van der Waals surface area contributed by atoms with Gasteiger partial charge in [0.2, 0.25) is 0 Å². The summed E-state index contributed by atoms with van der Waals surface area (Å²) in [5.74, 6) is -1.19. The number of aliphatic carboxylic acids is 1. The number of aromatic nitrogens is 2. The first-order chi connectivity index (χ1) is 8.00. The molecule has 17 heavy (non-hydrogen) atoms. The van der Waals surface area contributed by atoms with E-state index >= 15 is 0 Å². The maximum Gasteiger partial charge on any atom is 0.308 e. The third-order valence-corrected chi connectivity index (χ3v) is 2.87. The van der Waals surface area contributed by atoms with Gasteiger partial charge in [-0.1, -0.05) is 13.0 Å². The summed E-state index contributed by atoms with van der Waals surface area (Å²) in [6.45, 7) is 3.76. The Morgan fingerprint density at radius 3 is 2.82 bits per heavy atom. The molecule has 1 aromatic heterocycles. The van der Waals surface area contributed by atoms with Gasteiger partial charge in [-0.15, -0.1) is 0 Å². The summed E-state index contributed by atoms with van der Waals surface area (Å²) in [5, 5.41) is 23.6. The maximum atomic E-state index is 10.8. The molecule has 0 aliphatic carbocycles. The lowest BCUT2D eigenvalue weighted by molar-refractivity contribution is -0.141. The lowest BCUT2D eigenvalue weighted by Gasteiger charge is -2.07. The van der Waals surface area contributed by atoms with Crippen LogP contribution >= 0.6 is 0 Å². The highest BCUT2D eigenvalue weighted by atomic mass is 16.4. The van der Waals surface area contributed by atoms with Gasteiger partial charge in [0.05, 0.1) is 23.4 Å².